The van der Waals surface area contributed by atoms with E-state index in [-0.39, 0.29) is 11.7 Å². The van der Waals surface area contributed by atoms with Crippen LogP contribution in [0.25, 0.3) is 0 Å². The number of Topliss-reactive ketones (excluding diaryl/α,β-unsaturated/α-hetero) is 1. The monoisotopic (exact) mass is 357 g/mol. The van der Waals surface area contributed by atoms with Crippen molar-refractivity contribution in [3.8, 4) is 0 Å². The molecule has 2 aromatic rings. The van der Waals surface area contributed by atoms with Gasteiger partial charge in [0.15, 0.2) is 10.9 Å². The van der Waals surface area contributed by atoms with Crippen molar-refractivity contribution in [3.63, 3.8) is 0 Å². The van der Waals surface area contributed by atoms with Crippen LogP contribution >= 0.6 is 11.8 Å². The van der Waals surface area contributed by atoms with Crippen LogP contribution in [0.5, 0.6) is 0 Å². The number of carbonyl (C=O) groups is 2. The van der Waals surface area contributed by atoms with Crippen molar-refractivity contribution in [1.29, 1.82) is 0 Å². The van der Waals surface area contributed by atoms with E-state index in [1.54, 1.807) is 24.3 Å². The van der Waals surface area contributed by atoms with Gasteiger partial charge < -0.3 is 9.88 Å². The minimum atomic E-state index is -0.0706. The van der Waals surface area contributed by atoms with E-state index in [1.165, 1.54) is 50.8 Å². The molecule has 132 valence electrons. The Morgan fingerprint density at radius 3 is 2.60 bits per heavy atom. The van der Waals surface area contributed by atoms with Gasteiger partial charge in [0.25, 0.3) is 0 Å². The maximum Gasteiger partial charge on any atom is 0.234 e. The van der Waals surface area contributed by atoms with Crippen LogP contribution in [-0.4, -0.2) is 27.0 Å². The van der Waals surface area contributed by atoms with E-state index in [4.69, 9.17) is 0 Å². The third-order valence-electron chi connectivity index (χ3n) is 4.51. The molecule has 1 saturated carbocycles. The fraction of sp³-hybridized carbons (Fsp3) is 0.421. The second-order valence-corrected chi connectivity index (χ2v) is 7.32. The van der Waals surface area contributed by atoms with E-state index in [1.807, 2.05) is 12.4 Å². The van der Waals surface area contributed by atoms with E-state index in [9.17, 15) is 9.59 Å². The second kappa shape index (κ2) is 8.34. The first kappa shape index (κ1) is 17.7. The van der Waals surface area contributed by atoms with Gasteiger partial charge in [-0.3, -0.25) is 9.59 Å². The molecule has 0 unspecified atom stereocenters. The Labute approximate surface area is 152 Å². The fourth-order valence-corrected chi connectivity index (χ4v) is 3.99. The number of nitrogens with zero attached hydrogens (tertiary/aromatic N) is 2. The zero-order chi connectivity index (χ0) is 17.6. The van der Waals surface area contributed by atoms with Crippen LogP contribution in [0.2, 0.25) is 0 Å². The first-order valence-electron chi connectivity index (χ1n) is 8.70. The van der Waals surface area contributed by atoms with Crippen LogP contribution in [0, 0.1) is 0 Å². The highest BCUT2D eigenvalue weighted by molar-refractivity contribution is 7.99. The molecule has 0 saturated heterocycles. The Morgan fingerprint density at radius 2 is 1.92 bits per heavy atom. The minimum absolute atomic E-state index is 0.0166. The van der Waals surface area contributed by atoms with Gasteiger partial charge in [-0.05, 0) is 44.0 Å². The summed E-state index contributed by atoms with van der Waals surface area (Å²) in [4.78, 5) is 27.9. The number of benzene rings is 1. The molecular weight excluding hydrogens is 334 g/mol. The summed E-state index contributed by atoms with van der Waals surface area (Å²) in [5.74, 6) is 0.264. The quantitative estimate of drug-likeness (QED) is 0.618. The average molecular weight is 357 g/mol. The predicted octanol–water partition coefficient (Wildman–Crippen LogP) is 4.32. The first-order valence-corrected chi connectivity index (χ1v) is 9.68. The van der Waals surface area contributed by atoms with E-state index >= 15 is 0 Å². The zero-order valence-corrected chi connectivity index (χ0v) is 15.2. The third-order valence-corrected chi connectivity index (χ3v) is 5.49. The summed E-state index contributed by atoms with van der Waals surface area (Å²) in [5.41, 5.74) is 1.34. The Kier molecular flexibility index (Phi) is 5.91. The van der Waals surface area contributed by atoms with Crippen LogP contribution < -0.4 is 5.32 Å². The fourth-order valence-electron chi connectivity index (χ4n) is 3.16. The van der Waals surface area contributed by atoms with Crippen LogP contribution in [-0.2, 0) is 4.79 Å². The molecular formula is C19H23N3O2S. The summed E-state index contributed by atoms with van der Waals surface area (Å²) in [5, 5.41) is 3.77. The van der Waals surface area contributed by atoms with Crippen molar-refractivity contribution >= 4 is 29.1 Å². The summed E-state index contributed by atoms with van der Waals surface area (Å²) in [6.07, 6.45) is 10.1. The minimum Gasteiger partial charge on any atom is -0.325 e. The summed E-state index contributed by atoms with van der Waals surface area (Å²) < 4.78 is 2.22. The van der Waals surface area contributed by atoms with Crippen LogP contribution in [0.1, 0.15) is 55.4 Å². The van der Waals surface area contributed by atoms with Crippen molar-refractivity contribution in [2.45, 2.75) is 50.2 Å². The molecule has 0 atom stereocenters. The smallest absolute Gasteiger partial charge is 0.234 e. The summed E-state index contributed by atoms with van der Waals surface area (Å²) in [6, 6.07) is 7.47. The summed E-state index contributed by atoms with van der Waals surface area (Å²) >= 11 is 1.47. The first-order chi connectivity index (χ1) is 12.1. The molecule has 1 amide bonds. The maximum atomic E-state index is 12.2. The number of nitrogens with one attached hydrogen (secondary N) is 1. The number of hydrogen-bond acceptors (Lipinski definition) is 4. The predicted molar refractivity (Wildman–Crippen MR) is 100 cm³/mol. The molecule has 1 aliphatic rings. The van der Waals surface area contributed by atoms with Crippen LogP contribution in [0.15, 0.2) is 41.8 Å². The van der Waals surface area contributed by atoms with Gasteiger partial charge in [-0.1, -0.05) is 31.0 Å². The Bertz CT molecular complexity index is 733. The SMILES string of the molecule is CC(=O)c1ccc(NC(=O)CSc2nccn2C2CCCCC2)cc1. The molecule has 1 aromatic carbocycles. The van der Waals surface area contributed by atoms with Crippen molar-refractivity contribution in [1.82, 2.24) is 9.55 Å². The lowest BCUT2D eigenvalue weighted by molar-refractivity contribution is -0.113. The average Bonchev–Trinajstić information content (AvgIpc) is 3.10. The Hall–Kier alpha value is -2.08. The van der Waals surface area contributed by atoms with E-state index in [0.717, 1.165) is 5.16 Å². The van der Waals surface area contributed by atoms with Crippen molar-refractivity contribution in [2.75, 3.05) is 11.1 Å². The lowest BCUT2D eigenvalue weighted by Crippen LogP contribution is -2.16. The van der Waals surface area contributed by atoms with Gasteiger partial charge in [-0.2, -0.15) is 0 Å². The molecule has 1 heterocycles. The lowest BCUT2D eigenvalue weighted by atomic mass is 9.95. The normalized spacial score (nSPS) is 15.1. The summed E-state index contributed by atoms with van der Waals surface area (Å²) in [6.45, 7) is 1.53. The standard InChI is InChI=1S/C19H23N3O2S/c1-14(23)15-7-9-16(10-8-15)21-18(24)13-25-19-20-11-12-22(19)17-5-3-2-4-6-17/h7-12,17H,2-6,13H2,1H3,(H,21,24). The molecule has 1 fully saturated rings. The number of amides is 1. The molecule has 1 N–H and O–H groups in total. The number of thioether (sulfide) groups is 1. The van der Waals surface area contributed by atoms with Crippen molar-refractivity contribution in [2.24, 2.45) is 0 Å². The highest BCUT2D eigenvalue weighted by Crippen LogP contribution is 2.31. The highest BCUT2D eigenvalue weighted by atomic mass is 32.2. The molecule has 0 spiro atoms. The zero-order valence-electron chi connectivity index (χ0n) is 14.4. The number of rotatable bonds is 6. The third kappa shape index (κ3) is 4.72. The number of carbonyl (C=O) groups excluding carboxylic acids is 2. The maximum absolute atomic E-state index is 12.2. The van der Waals surface area contributed by atoms with Gasteiger partial charge in [-0.25, -0.2) is 4.98 Å². The molecule has 1 aromatic heterocycles. The number of imidazole rings is 1. The van der Waals surface area contributed by atoms with Gasteiger partial charge in [0.05, 0.1) is 5.75 Å². The Morgan fingerprint density at radius 1 is 1.20 bits per heavy atom. The van der Waals surface area contributed by atoms with Crippen LogP contribution in [0.4, 0.5) is 5.69 Å². The van der Waals surface area contributed by atoms with Gasteiger partial charge in [0.2, 0.25) is 5.91 Å². The molecule has 25 heavy (non-hydrogen) atoms. The van der Waals surface area contributed by atoms with E-state index in [2.05, 4.69) is 14.9 Å². The molecule has 0 aliphatic heterocycles. The number of anilines is 1. The molecule has 0 bridgehead atoms. The largest absolute Gasteiger partial charge is 0.325 e. The lowest BCUT2D eigenvalue weighted by Gasteiger charge is -2.24. The highest BCUT2D eigenvalue weighted by Gasteiger charge is 2.18. The number of aromatic nitrogens is 2. The van der Waals surface area contributed by atoms with Crippen LogP contribution in [0.3, 0.4) is 0 Å². The molecule has 3 rings (SSSR count). The van der Waals surface area contributed by atoms with Crippen molar-refractivity contribution < 1.29 is 9.59 Å². The molecule has 6 heteroatoms. The van der Waals surface area contributed by atoms with E-state index < -0.39 is 0 Å². The Balaban J connectivity index is 1.54. The molecule has 1 aliphatic carbocycles. The van der Waals surface area contributed by atoms with E-state index in [0.29, 0.717) is 23.0 Å². The number of ketones is 1. The molecule has 5 nitrogen and oxygen atoms in total. The second-order valence-electron chi connectivity index (χ2n) is 6.38. The van der Waals surface area contributed by atoms with Gasteiger partial charge in [0, 0.05) is 29.7 Å². The summed E-state index contributed by atoms with van der Waals surface area (Å²) in [7, 11) is 0. The topological polar surface area (TPSA) is 64.0 Å². The van der Waals surface area contributed by atoms with Crippen molar-refractivity contribution in [3.05, 3.63) is 42.2 Å². The van der Waals surface area contributed by atoms with Gasteiger partial charge >= 0.3 is 0 Å². The number of hydrogen-bond donors (Lipinski definition) is 1. The van der Waals surface area contributed by atoms with Gasteiger partial charge in [-0.15, -0.1) is 0 Å². The van der Waals surface area contributed by atoms with Gasteiger partial charge in [0.1, 0.15) is 0 Å². The molecule has 0 radical (unpaired) electrons.